The lowest BCUT2D eigenvalue weighted by Gasteiger charge is -2.02. The number of nitrogens with one attached hydrogen (secondary N) is 1. The first-order valence-corrected chi connectivity index (χ1v) is 5.67. The quantitative estimate of drug-likeness (QED) is 0.670. The highest BCUT2D eigenvalue weighted by molar-refractivity contribution is 14.1. The molecule has 0 unspecified atom stereocenters. The Morgan fingerprint density at radius 2 is 2.00 bits per heavy atom. The molecule has 1 aromatic carbocycles. The highest BCUT2D eigenvalue weighted by Gasteiger charge is 2.02. The van der Waals surface area contributed by atoms with Gasteiger partial charge in [-0.15, -0.1) is 0 Å². The van der Waals surface area contributed by atoms with Gasteiger partial charge in [-0.1, -0.05) is 40.3 Å². The van der Waals surface area contributed by atoms with Crippen LogP contribution in [-0.4, -0.2) is 16.9 Å². The van der Waals surface area contributed by atoms with Gasteiger partial charge in [-0.2, -0.15) is 0 Å². The maximum absolute atomic E-state index is 11.4. The molecule has 0 aliphatic rings. The van der Waals surface area contributed by atoms with E-state index in [2.05, 4.69) is 27.9 Å². The summed E-state index contributed by atoms with van der Waals surface area (Å²) in [4.78, 5) is 11.4. The van der Waals surface area contributed by atoms with Crippen LogP contribution in [0.15, 0.2) is 24.3 Å². The third kappa shape index (κ3) is 3.34. The van der Waals surface area contributed by atoms with Gasteiger partial charge in [0.15, 0.2) is 0 Å². The van der Waals surface area contributed by atoms with E-state index in [0.717, 1.165) is 16.5 Å². The lowest BCUT2D eigenvalue weighted by molar-refractivity contribution is 0.0956. The van der Waals surface area contributed by atoms with E-state index in [4.69, 9.17) is 0 Å². The van der Waals surface area contributed by atoms with Gasteiger partial charge in [0.25, 0.3) is 5.91 Å². The lowest BCUT2D eigenvalue weighted by atomic mass is 10.1. The van der Waals surface area contributed by atoms with Crippen molar-refractivity contribution in [2.45, 2.75) is 6.92 Å². The minimum Gasteiger partial charge on any atom is -0.351 e. The van der Waals surface area contributed by atoms with Crippen LogP contribution in [0.25, 0.3) is 0 Å². The first-order valence-electron chi connectivity index (χ1n) is 4.15. The van der Waals surface area contributed by atoms with Gasteiger partial charge in [0.05, 0.1) is 0 Å². The Balaban J connectivity index is 2.61. The van der Waals surface area contributed by atoms with Crippen LogP contribution in [0.3, 0.4) is 0 Å². The maximum Gasteiger partial charge on any atom is 0.251 e. The Labute approximate surface area is 91.9 Å². The largest absolute Gasteiger partial charge is 0.351 e. The number of rotatable bonds is 3. The summed E-state index contributed by atoms with van der Waals surface area (Å²) in [7, 11) is 0. The van der Waals surface area contributed by atoms with Gasteiger partial charge < -0.3 is 5.32 Å². The topological polar surface area (TPSA) is 29.1 Å². The Morgan fingerprint density at radius 3 is 2.54 bits per heavy atom. The zero-order valence-corrected chi connectivity index (χ0v) is 9.67. The molecule has 3 heteroatoms. The second-order valence-electron chi connectivity index (χ2n) is 2.81. The molecule has 1 N–H and O–H groups in total. The second-order valence-corrected chi connectivity index (χ2v) is 3.89. The molecule has 0 spiro atoms. The minimum atomic E-state index is 0.0108. The van der Waals surface area contributed by atoms with Gasteiger partial charge in [-0.3, -0.25) is 4.79 Å². The third-order valence-corrected chi connectivity index (χ3v) is 2.23. The van der Waals surface area contributed by atoms with Crippen molar-refractivity contribution < 1.29 is 4.79 Å². The van der Waals surface area contributed by atoms with Crippen LogP contribution >= 0.6 is 22.6 Å². The Bertz CT molecular complexity index is 281. The fraction of sp³-hybridized carbons (Fsp3) is 0.300. The van der Waals surface area contributed by atoms with Crippen LogP contribution in [0, 0.1) is 6.92 Å². The van der Waals surface area contributed by atoms with Crippen molar-refractivity contribution in [3.8, 4) is 0 Å². The maximum atomic E-state index is 11.4. The van der Waals surface area contributed by atoms with Gasteiger partial charge in [-0.25, -0.2) is 0 Å². The summed E-state index contributed by atoms with van der Waals surface area (Å²) in [6.45, 7) is 2.74. The Morgan fingerprint density at radius 1 is 1.38 bits per heavy atom. The van der Waals surface area contributed by atoms with Crippen molar-refractivity contribution in [3.63, 3.8) is 0 Å². The van der Waals surface area contributed by atoms with E-state index in [0.29, 0.717) is 0 Å². The fourth-order valence-corrected chi connectivity index (χ4v) is 1.24. The molecule has 0 heterocycles. The van der Waals surface area contributed by atoms with E-state index in [1.807, 2.05) is 31.2 Å². The number of hydrogen-bond donors (Lipinski definition) is 1. The number of carbonyl (C=O) groups is 1. The third-order valence-electron chi connectivity index (χ3n) is 1.69. The van der Waals surface area contributed by atoms with E-state index >= 15 is 0 Å². The molecule has 0 aliphatic carbocycles. The Hall–Kier alpha value is -0.580. The number of benzene rings is 1. The average molecular weight is 289 g/mol. The van der Waals surface area contributed by atoms with Gasteiger partial charge in [0.1, 0.15) is 0 Å². The molecule has 0 radical (unpaired) electrons. The van der Waals surface area contributed by atoms with Crippen LogP contribution in [0.1, 0.15) is 15.9 Å². The Kier molecular flexibility index (Phi) is 4.21. The van der Waals surface area contributed by atoms with E-state index in [1.165, 1.54) is 5.56 Å². The van der Waals surface area contributed by atoms with E-state index in [9.17, 15) is 4.79 Å². The molecule has 0 saturated heterocycles. The fourth-order valence-electron chi connectivity index (χ4n) is 0.968. The van der Waals surface area contributed by atoms with Gasteiger partial charge in [0, 0.05) is 16.5 Å². The van der Waals surface area contributed by atoms with Crippen molar-refractivity contribution >= 4 is 28.5 Å². The van der Waals surface area contributed by atoms with Gasteiger partial charge in [0.2, 0.25) is 0 Å². The summed E-state index contributed by atoms with van der Waals surface area (Å²) in [5.74, 6) is 0.0108. The molecule has 1 rings (SSSR count). The number of amides is 1. The first-order chi connectivity index (χ1) is 6.24. The smallest absolute Gasteiger partial charge is 0.251 e. The molecule has 0 fully saturated rings. The standard InChI is InChI=1S/C10H12INO/c1-8-2-4-9(5-3-8)10(13)12-7-6-11/h2-5H,6-7H2,1H3,(H,12,13). The number of aryl methyl sites for hydroxylation is 1. The molecule has 2 nitrogen and oxygen atoms in total. The van der Waals surface area contributed by atoms with E-state index in [1.54, 1.807) is 0 Å². The van der Waals surface area contributed by atoms with Crippen LogP contribution in [-0.2, 0) is 0 Å². The summed E-state index contributed by atoms with van der Waals surface area (Å²) in [6.07, 6.45) is 0. The van der Waals surface area contributed by atoms with Crippen LogP contribution < -0.4 is 5.32 Å². The highest BCUT2D eigenvalue weighted by atomic mass is 127. The molecule has 1 aromatic rings. The number of hydrogen-bond acceptors (Lipinski definition) is 1. The predicted octanol–water partition coefficient (Wildman–Crippen LogP) is 2.16. The predicted molar refractivity (Wildman–Crippen MR) is 62.4 cm³/mol. The molecule has 0 saturated carbocycles. The first kappa shape index (κ1) is 10.5. The molecule has 13 heavy (non-hydrogen) atoms. The second kappa shape index (κ2) is 5.21. The van der Waals surface area contributed by atoms with E-state index < -0.39 is 0 Å². The number of halogens is 1. The molecule has 70 valence electrons. The molecule has 1 amide bonds. The van der Waals surface area contributed by atoms with Crippen molar-refractivity contribution in [3.05, 3.63) is 35.4 Å². The van der Waals surface area contributed by atoms with Crippen LogP contribution in [0.4, 0.5) is 0 Å². The van der Waals surface area contributed by atoms with Crippen LogP contribution in [0.5, 0.6) is 0 Å². The van der Waals surface area contributed by atoms with Crippen LogP contribution in [0.2, 0.25) is 0 Å². The molecule has 0 bridgehead atoms. The number of carbonyl (C=O) groups excluding carboxylic acids is 1. The lowest BCUT2D eigenvalue weighted by Crippen LogP contribution is -2.24. The zero-order chi connectivity index (χ0) is 9.68. The summed E-state index contributed by atoms with van der Waals surface area (Å²) < 4.78 is 0.940. The summed E-state index contributed by atoms with van der Waals surface area (Å²) in [6, 6.07) is 7.58. The van der Waals surface area contributed by atoms with Crippen molar-refractivity contribution in [1.29, 1.82) is 0 Å². The average Bonchev–Trinajstić information content (AvgIpc) is 2.15. The SMILES string of the molecule is Cc1ccc(C(=O)NCCI)cc1. The normalized spacial score (nSPS) is 9.69. The van der Waals surface area contributed by atoms with Gasteiger partial charge in [-0.05, 0) is 19.1 Å². The molecular weight excluding hydrogens is 277 g/mol. The molecule has 0 atom stereocenters. The summed E-state index contributed by atoms with van der Waals surface area (Å²) in [5.41, 5.74) is 1.90. The highest BCUT2D eigenvalue weighted by Crippen LogP contribution is 2.02. The van der Waals surface area contributed by atoms with Crippen molar-refractivity contribution in [2.24, 2.45) is 0 Å². The summed E-state index contributed by atoms with van der Waals surface area (Å²) >= 11 is 2.23. The number of alkyl halides is 1. The molecule has 0 aliphatic heterocycles. The summed E-state index contributed by atoms with van der Waals surface area (Å²) in [5, 5.41) is 2.82. The molecule has 0 aromatic heterocycles. The van der Waals surface area contributed by atoms with Crippen molar-refractivity contribution in [1.82, 2.24) is 5.32 Å². The minimum absolute atomic E-state index is 0.0108. The monoisotopic (exact) mass is 289 g/mol. The van der Waals surface area contributed by atoms with Crippen molar-refractivity contribution in [2.75, 3.05) is 11.0 Å². The van der Waals surface area contributed by atoms with E-state index in [-0.39, 0.29) is 5.91 Å². The molecular formula is C10H12INO. The van der Waals surface area contributed by atoms with Gasteiger partial charge >= 0.3 is 0 Å². The zero-order valence-electron chi connectivity index (χ0n) is 7.51.